The van der Waals surface area contributed by atoms with Crippen molar-refractivity contribution in [3.8, 4) is 0 Å². The zero-order valence-electron chi connectivity index (χ0n) is 12.6. The van der Waals surface area contributed by atoms with E-state index in [1.54, 1.807) is 6.33 Å². The maximum atomic E-state index is 4.25. The van der Waals surface area contributed by atoms with Gasteiger partial charge in [-0.1, -0.05) is 18.2 Å². The van der Waals surface area contributed by atoms with E-state index in [-0.39, 0.29) is 0 Å². The van der Waals surface area contributed by atoms with Gasteiger partial charge in [0.1, 0.15) is 23.8 Å². The molecule has 0 fully saturated rings. The monoisotopic (exact) mass is 307 g/mol. The molecule has 0 spiro atoms. The van der Waals surface area contributed by atoms with Crippen LogP contribution in [0.2, 0.25) is 0 Å². The number of rotatable bonds is 5. The van der Waals surface area contributed by atoms with Crippen molar-refractivity contribution in [2.75, 3.05) is 10.6 Å². The third kappa shape index (κ3) is 2.98. The molecule has 3 heterocycles. The SMILES string of the molecule is c1ccc(Nc2cc(NCc3nnc4n3CCC4)ncn2)cc1. The van der Waals surface area contributed by atoms with Gasteiger partial charge in [0.05, 0.1) is 6.54 Å². The molecule has 0 amide bonds. The smallest absolute Gasteiger partial charge is 0.152 e. The van der Waals surface area contributed by atoms with E-state index in [2.05, 4.69) is 35.4 Å². The van der Waals surface area contributed by atoms with Crippen LogP contribution < -0.4 is 10.6 Å². The number of nitrogens with one attached hydrogen (secondary N) is 2. The van der Waals surface area contributed by atoms with Crippen molar-refractivity contribution in [3.05, 3.63) is 54.4 Å². The fraction of sp³-hybridized carbons (Fsp3) is 0.250. The quantitative estimate of drug-likeness (QED) is 0.753. The minimum Gasteiger partial charge on any atom is -0.363 e. The lowest BCUT2D eigenvalue weighted by Crippen LogP contribution is -2.09. The minimum absolute atomic E-state index is 0.606. The Balaban J connectivity index is 1.44. The van der Waals surface area contributed by atoms with Gasteiger partial charge in [0.15, 0.2) is 5.82 Å². The lowest BCUT2D eigenvalue weighted by Gasteiger charge is -2.08. The van der Waals surface area contributed by atoms with Gasteiger partial charge in [-0.15, -0.1) is 10.2 Å². The summed E-state index contributed by atoms with van der Waals surface area (Å²) in [6, 6.07) is 11.8. The normalized spacial score (nSPS) is 12.9. The van der Waals surface area contributed by atoms with E-state index in [4.69, 9.17) is 0 Å². The first-order valence-corrected chi connectivity index (χ1v) is 7.67. The number of anilines is 3. The van der Waals surface area contributed by atoms with Crippen molar-refractivity contribution in [2.24, 2.45) is 0 Å². The minimum atomic E-state index is 0.606. The molecule has 2 aromatic heterocycles. The van der Waals surface area contributed by atoms with Gasteiger partial charge < -0.3 is 15.2 Å². The predicted molar refractivity (Wildman–Crippen MR) is 87.4 cm³/mol. The maximum Gasteiger partial charge on any atom is 0.152 e. The van der Waals surface area contributed by atoms with Gasteiger partial charge in [-0.3, -0.25) is 0 Å². The molecule has 7 nitrogen and oxygen atoms in total. The molecule has 1 aromatic carbocycles. The number of benzene rings is 1. The second-order valence-corrected chi connectivity index (χ2v) is 5.42. The highest BCUT2D eigenvalue weighted by Crippen LogP contribution is 2.17. The van der Waals surface area contributed by atoms with Crippen LogP contribution in [0.1, 0.15) is 18.1 Å². The topological polar surface area (TPSA) is 80.5 Å². The van der Waals surface area contributed by atoms with Crippen molar-refractivity contribution in [1.82, 2.24) is 24.7 Å². The van der Waals surface area contributed by atoms with Gasteiger partial charge in [-0.05, 0) is 18.6 Å². The summed E-state index contributed by atoms with van der Waals surface area (Å²) in [5.41, 5.74) is 0.993. The Hall–Kier alpha value is -2.96. The van der Waals surface area contributed by atoms with Gasteiger partial charge in [0.2, 0.25) is 0 Å². The molecule has 0 aliphatic carbocycles. The first-order chi connectivity index (χ1) is 11.4. The van der Waals surface area contributed by atoms with Crippen LogP contribution in [0, 0.1) is 0 Å². The number of aryl methyl sites for hydroxylation is 1. The highest BCUT2D eigenvalue weighted by molar-refractivity contribution is 5.58. The van der Waals surface area contributed by atoms with Crippen molar-refractivity contribution in [2.45, 2.75) is 25.9 Å². The van der Waals surface area contributed by atoms with Crippen LogP contribution in [-0.4, -0.2) is 24.7 Å². The highest BCUT2D eigenvalue weighted by atomic mass is 15.3. The standard InChI is InChI=1S/C16H17N7/c1-2-5-12(6-3-1)20-14-9-13(18-11-19-14)17-10-16-22-21-15-7-4-8-23(15)16/h1-3,5-6,9,11H,4,7-8,10H2,(H2,17,18,19,20). The molecule has 2 N–H and O–H groups in total. The van der Waals surface area contributed by atoms with E-state index >= 15 is 0 Å². The Morgan fingerprint density at radius 1 is 1.04 bits per heavy atom. The summed E-state index contributed by atoms with van der Waals surface area (Å²) in [6.07, 6.45) is 3.71. The van der Waals surface area contributed by atoms with E-state index in [1.807, 2.05) is 36.4 Å². The average Bonchev–Trinajstić information content (AvgIpc) is 3.18. The van der Waals surface area contributed by atoms with Gasteiger partial charge >= 0.3 is 0 Å². The lowest BCUT2D eigenvalue weighted by molar-refractivity contribution is 0.695. The number of hydrogen-bond donors (Lipinski definition) is 2. The second-order valence-electron chi connectivity index (χ2n) is 5.42. The molecule has 0 atom stereocenters. The zero-order chi connectivity index (χ0) is 15.5. The second kappa shape index (κ2) is 6.04. The molecule has 0 saturated heterocycles. The van der Waals surface area contributed by atoms with Crippen molar-refractivity contribution in [1.29, 1.82) is 0 Å². The fourth-order valence-corrected chi connectivity index (χ4v) is 2.70. The fourth-order valence-electron chi connectivity index (χ4n) is 2.70. The van der Waals surface area contributed by atoms with E-state index in [1.165, 1.54) is 0 Å². The number of hydrogen-bond acceptors (Lipinski definition) is 6. The van der Waals surface area contributed by atoms with Crippen LogP contribution in [0.5, 0.6) is 0 Å². The number of aromatic nitrogens is 5. The van der Waals surface area contributed by atoms with Crippen LogP contribution in [-0.2, 0) is 19.5 Å². The summed E-state index contributed by atoms with van der Waals surface area (Å²) >= 11 is 0. The van der Waals surface area contributed by atoms with Crippen molar-refractivity contribution in [3.63, 3.8) is 0 Å². The van der Waals surface area contributed by atoms with Crippen LogP contribution in [0.4, 0.5) is 17.3 Å². The lowest BCUT2D eigenvalue weighted by atomic mass is 10.3. The molecule has 3 aromatic rings. The summed E-state index contributed by atoms with van der Waals surface area (Å²) in [4.78, 5) is 8.50. The van der Waals surface area contributed by atoms with Crippen LogP contribution in [0.25, 0.3) is 0 Å². The summed E-state index contributed by atoms with van der Waals surface area (Å²) in [7, 11) is 0. The van der Waals surface area contributed by atoms with Crippen LogP contribution in [0.15, 0.2) is 42.7 Å². The molecule has 0 saturated carbocycles. The van der Waals surface area contributed by atoms with Gasteiger partial charge in [0, 0.05) is 24.7 Å². The van der Waals surface area contributed by atoms with E-state index < -0.39 is 0 Å². The Kier molecular flexibility index (Phi) is 3.59. The molecule has 23 heavy (non-hydrogen) atoms. The molecule has 1 aliphatic rings. The largest absolute Gasteiger partial charge is 0.363 e. The number of para-hydroxylation sites is 1. The maximum absolute atomic E-state index is 4.25. The first-order valence-electron chi connectivity index (χ1n) is 7.67. The number of fused-ring (bicyclic) bond motifs is 1. The summed E-state index contributed by atoms with van der Waals surface area (Å²) < 4.78 is 2.18. The Bertz CT molecular complexity index is 797. The van der Waals surface area contributed by atoms with Gasteiger partial charge in [0.25, 0.3) is 0 Å². The predicted octanol–water partition coefficient (Wildman–Crippen LogP) is 2.37. The van der Waals surface area contributed by atoms with Crippen LogP contribution >= 0.6 is 0 Å². The Morgan fingerprint density at radius 3 is 2.83 bits per heavy atom. The molecule has 0 unspecified atom stereocenters. The van der Waals surface area contributed by atoms with Crippen molar-refractivity contribution < 1.29 is 0 Å². The third-order valence-corrected chi connectivity index (χ3v) is 3.83. The highest BCUT2D eigenvalue weighted by Gasteiger charge is 2.16. The zero-order valence-corrected chi connectivity index (χ0v) is 12.6. The molecule has 1 aliphatic heterocycles. The van der Waals surface area contributed by atoms with Gasteiger partial charge in [-0.2, -0.15) is 0 Å². The first kappa shape index (κ1) is 13.7. The summed E-state index contributed by atoms with van der Waals surface area (Å²) in [5.74, 6) is 3.54. The molecular weight excluding hydrogens is 290 g/mol. The third-order valence-electron chi connectivity index (χ3n) is 3.83. The number of nitrogens with zero attached hydrogens (tertiary/aromatic N) is 5. The van der Waals surface area contributed by atoms with E-state index in [0.29, 0.717) is 6.54 Å². The molecule has 7 heteroatoms. The van der Waals surface area contributed by atoms with E-state index in [0.717, 1.165) is 48.4 Å². The van der Waals surface area contributed by atoms with E-state index in [9.17, 15) is 0 Å². The summed E-state index contributed by atoms with van der Waals surface area (Å²) in [5, 5.41) is 15.0. The molecule has 0 radical (unpaired) electrons. The molecular formula is C16H17N7. The van der Waals surface area contributed by atoms with Crippen LogP contribution in [0.3, 0.4) is 0 Å². The molecule has 0 bridgehead atoms. The van der Waals surface area contributed by atoms with Crippen molar-refractivity contribution >= 4 is 17.3 Å². The molecule has 4 rings (SSSR count). The van der Waals surface area contributed by atoms with Gasteiger partial charge in [-0.25, -0.2) is 9.97 Å². The Labute approximate surface area is 133 Å². The Morgan fingerprint density at radius 2 is 1.91 bits per heavy atom. The summed E-state index contributed by atoms with van der Waals surface area (Å²) in [6.45, 7) is 1.61. The average molecular weight is 307 g/mol. The molecule has 116 valence electrons.